The summed E-state index contributed by atoms with van der Waals surface area (Å²) in [7, 11) is 1.56. The van der Waals surface area contributed by atoms with E-state index < -0.39 is 6.04 Å². The number of hydrogen-bond donors (Lipinski definition) is 1. The molecule has 2 aromatic rings. The molecule has 168 valence electrons. The first-order valence-corrected chi connectivity index (χ1v) is 10.7. The van der Waals surface area contributed by atoms with Crippen molar-refractivity contribution in [3.05, 3.63) is 60.2 Å². The Kier molecular flexibility index (Phi) is 8.91. The van der Waals surface area contributed by atoms with Crippen LogP contribution in [0.4, 0.5) is 0 Å². The number of nitrogens with zero attached hydrogens (tertiary/aromatic N) is 1. The molecule has 6 nitrogen and oxygen atoms in total. The van der Waals surface area contributed by atoms with Gasteiger partial charge < -0.3 is 19.7 Å². The van der Waals surface area contributed by atoms with Crippen molar-refractivity contribution in [2.24, 2.45) is 0 Å². The molecule has 0 spiro atoms. The Labute approximate surface area is 185 Å². The van der Waals surface area contributed by atoms with Gasteiger partial charge in [-0.15, -0.1) is 0 Å². The van der Waals surface area contributed by atoms with Gasteiger partial charge in [0, 0.05) is 12.1 Å². The second kappa shape index (κ2) is 11.4. The maximum Gasteiger partial charge on any atom is 0.261 e. The van der Waals surface area contributed by atoms with Crippen molar-refractivity contribution in [3.63, 3.8) is 0 Å². The number of nitrogens with one attached hydrogen (secondary N) is 1. The number of methoxy groups -OCH3 is 1. The molecular weight excluding hydrogens is 392 g/mol. The highest BCUT2D eigenvalue weighted by Crippen LogP contribution is 2.25. The van der Waals surface area contributed by atoms with Crippen molar-refractivity contribution >= 4 is 11.8 Å². The summed E-state index contributed by atoms with van der Waals surface area (Å²) >= 11 is 0. The highest BCUT2D eigenvalue weighted by Gasteiger charge is 2.30. The quantitative estimate of drug-likeness (QED) is 0.627. The van der Waals surface area contributed by atoms with Crippen LogP contribution >= 0.6 is 0 Å². The molecule has 0 saturated heterocycles. The van der Waals surface area contributed by atoms with Gasteiger partial charge in [0.2, 0.25) is 5.91 Å². The lowest BCUT2D eigenvalue weighted by molar-refractivity contribution is -0.142. The van der Waals surface area contributed by atoms with Crippen LogP contribution in [0.15, 0.2) is 54.6 Å². The number of hydrogen-bond acceptors (Lipinski definition) is 4. The third-order valence-corrected chi connectivity index (χ3v) is 4.79. The Balaban J connectivity index is 2.18. The van der Waals surface area contributed by atoms with Crippen LogP contribution in [0.25, 0.3) is 0 Å². The second-order valence-electron chi connectivity index (χ2n) is 8.43. The molecular formula is C25H34N2O4. The zero-order chi connectivity index (χ0) is 22.9. The molecule has 2 rings (SSSR count). The fraction of sp³-hybridized carbons (Fsp3) is 0.440. The molecule has 1 N–H and O–H groups in total. The average Bonchev–Trinajstić information content (AvgIpc) is 2.74. The zero-order valence-electron chi connectivity index (χ0n) is 19.2. The van der Waals surface area contributed by atoms with Crippen molar-refractivity contribution in [2.75, 3.05) is 20.3 Å². The van der Waals surface area contributed by atoms with E-state index in [1.807, 2.05) is 70.2 Å². The van der Waals surface area contributed by atoms with Gasteiger partial charge in [-0.25, -0.2) is 0 Å². The van der Waals surface area contributed by atoms with E-state index in [0.29, 0.717) is 30.9 Å². The van der Waals surface area contributed by atoms with E-state index in [9.17, 15) is 9.59 Å². The lowest BCUT2D eigenvalue weighted by Gasteiger charge is -2.33. The van der Waals surface area contributed by atoms with Crippen LogP contribution < -0.4 is 14.8 Å². The van der Waals surface area contributed by atoms with E-state index in [0.717, 1.165) is 5.56 Å². The molecule has 0 heterocycles. The first-order chi connectivity index (χ1) is 14.7. The largest absolute Gasteiger partial charge is 0.493 e. The maximum absolute atomic E-state index is 13.2. The normalized spacial score (nSPS) is 12.0. The van der Waals surface area contributed by atoms with Crippen LogP contribution in [0.2, 0.25) is 0 Å². The summed E-state index contributed by atoms with van der Waals surface area (Å²) in [5.74, 6) is 0.656. The number of para-hydroxylation sites is 2. The van der Waals surface area contributed by atoms with Gasteiger partial charge in [-0.3, -0.25) is 9.59 Å². The van der Waals surface area contributed by atoms with Crippen molar-refractivity contribution in [2.45, 2.75) is 52.1 Å². The minimum absolute atomic E-state index is 0.159. The maximum atomic E-state index is 13.2. The third kappa shape index (κ3) is 7.63. The van der Waals surface area contributed by atoms with Crippen molar-refractivity contribution in [1.29, 1.82) is 0 Å². The third-order valence-electron chi connectivity index (χ3n) is 4.79. The summed E-state index contributed by atoms with van der Waals surface area (Å²) in [6.45, 7) is 7.95. The van der Waals surface area contributed by atoms with Crippen LogP contribution in [0.5, 0.6) is 11.5 Å². The Morgan fingerprint density at radius 3 is 2.19 bits per heavy atom. The minimum atomic E-state index is -0.572. The number of amides is 2. The van der Waals surface area contributed by atoms with E-state index >= 15 is 0 Å². The Bertz CT molecular complexity index is 846. The van der Waals surface area contributed by atoms with Crippen LogP contribution in [0.1, 0.15) is 39.7 Å². The molecule has 0 bridgehead atoms. The molecule has 0 aliphatic carbocycles. The summed E-state index contributed by atoms with van der Waals surface area (Å²) in [6.07, 6.45) is 1.16. The molecule has 6 heteroatoms. The van der Waals surface area contributed by atoms with Gasteiger partial charge in [-0.2, -0.15) is 0 Å². The zero-order valence-corrected chi connectivity index (χ0v) is 19.2. The first kappa shape index (κ1) is 24.3. The molecule has 0 fully saturated rings. The smallest absolute Gasteiger partial charge is 0.261 e. The molecule has 0 aromatic heterocycles. The first-order valence-electron chi connectivity index (χ1n) is 10.7. The summed E-state index contributed by atoms with van der Waals surface area (Å²) < 4.78 is 11.0. The summed E-state index contributed by atoms with van der Waals surface area (Å²) in [6, 6.07) is 16.5. The summed E-state index contributed by atoms with van der Waals surface area (Å²) in [4.78, 5) is 27.8. The standard InChI is InChI=1S/C25H34N2O4/c1-6-20(24(29)26-25(2,3)4)27(17-16-19-12-8-7-9-13-19)23(28)18-31-22-15-11-10-14-21(22)30-5/h7-15,20H,6,16-18H2,1-5H3,(H,26,29)/t20-/m1/s1. The van der Waals surface area contributed by atoms with Crippen LogP contribution in [-0.2, 0) is 16.0 Å². The molecule has 31 heavy (non-hydrogen) atoms. The predicted molar refractivity (Wildman–Crippen MR) is 122 cm³/mol. The SMILES string of the molecule is CC[C@H](C(=O)NC(C)(C)C)N(CCc1ccccc1)C(=O)COc1ccccc1OC. The van der Waals surface area contributed by atoms with E-state index in [4.69, 9.17) is 9.47 Å². The molecule has 2 amide bonds. The second-order valence-corrected chi connectivity index (χ2v) is 8.43. The van der Waals surface area contributed by atoms with Crippen molar-refractivity contribution in [1.82, 2.24) is 10.2 Å². The number of benzene rings is 2. The van der Waals surface area contributed by atoms with Crippen molar-refractivity contribution in [3.8, 4) is 11.5 Å². The highest BCUT2D eigenvalue weighted by molar-refractivity contribution is 5.88. The van der Waals surface area contributed by atoms with Gasteiger partial charge in [-0.05, 0) is 51.3 Å². The summed E-state index contributed by atoms with van der Waals surface area (Å²) in [5.41, 5.74) is 0.726. The van der Waals surface area contributed by atoms with Gasteiger partial charge in [0.25, 0.3) is 5.91 Å². The lowest BCUT2D eigenvalue weighted by Crippen LogP contribution is -2.54. The fourth-order valence-corrected chi connectivity index (χ4v) is 3.31. The number of carbonyl (C=O) groups excluding carboxylic acids is 2. The number of ether oxygens (including phenoxy) is 2. The topological polar surface area (TPSA) is 67.9 Å². The van der Waals surface area contributed by atoms with Crippen LogP contribution in [0, 0.1) is 0 Å². The Morgan fingerprint density at radius 2 is 1.61 bits per heavy atom. The van der Waals surface area contributed by atoms with Gasteiger partial charge in [0.1, 0.15) is 6.04 Å². The Hall–Kier alpha value is -3.02. The van der Waals surface area contributed by atoms with E-state index in [-0.39, 0.29) is 24.0 Å². The molecule has 2 aromatic carbocycles. The van der Waals surface area contributed by atoms with Gasteiger partial charge in [0.15, 0.2) is 18.1 Å². The van der Waals surface area contributed by atoms with E-state index in [2.05, 4.69) is 5.32 Å². The average molecular weight is 427 g/mol. The minimum Gasteiger partial charge on any atom is -0.493 e. The molecule has 0 aliphatic rings. The highest BCUT2D eigenvalue weighted by atomic mass is 16.5. The van der Waals surface area contributed by atoms with Crippen molar-refractivity contribution < 1.29 is 19.1 Å². The number of rotatable bonds is 10. The monoisotopic (exact) mass is 426 g/mol. The summed E-state index contributed by atoms with van der Waals surface area (Å²) in [5, 5.41) is 3.00. The van der Waals surface area contributed by atoms with Gasteiger partial charge >= 0.3 is 0 Å². The van der Waals surface area contributed by atoms with Crippen LogP contribution in [-0.4, -0.2) is 48.6 Å². The number of carbonyl (C=O) groups is 2. The van der Waals surface area contributed by atoms with Gasteiger partial charge in [-0.1, -0.05) is 49.4 Å². The molecule has 1 atom stereocenters. The lowest BCUT2D eigenvalue weighted by atomic mass is 10.1. The van der Waals surface area contributed by atoms with E-state index in [1.54, 1.807) is 24.1 Å². The van der Waals surface area contributed by atoms with Gasteiger partial charge in [0.05, 0.1) is 7.11 Å². The van der Waals surface area contributed by atoms with Crippen LogP contribution in [0.3, 0.4) is 0 Å². The Morgan fingerprint density at radius 1 is 1.00 bits per heavy atom. The molecule has 0 radical (unpaired) electrons. The molecule has 0 unspecified atom stereocenters. The molecule has 0 saturated carbocycles. The van der Waals surface area contributed by atoms with E-state index in [1.165, 1.54) is 0 Å². The predicted octanol–water partition coefficient (Wildman–Crippen LogP) is 3.84. The molecule has 0 aliphatic heterocycles. The fourth-order valence-electron chi connectivity index (χ4n) is 3.31.